The van der Waals surface area contributed by atoms with Gasteiger partial charge in [-0.25, -0.2) is 0 Å². The van der Waals surface area contributed by atoms with E-state index in [0.717, 1.165) is 32.1 Å². The van der Waals surface area contributed by atoms with Gasteiger partial charge in [-0.05, 0) is 12.8 Å². The largest absolute Gasteiger partial charge is 0.289 e. The molecule has 0 aromatic heterocycles. The monoisotopic (exact) mass is 189 g/mol. The molecule has 3 nitrogen and oxygen atoms in total. The van der Waals surface area contributed by atoms with Gasteiger partial charge in [-0.3, -0.25) is 10.4 Å². The molecule has 0 radical (unpaired) electrons. The minimum absolute atomic E-state index is 0.0634. The van der Waals surface area contributed by atoms with E-state index in [1.807, 2.05) is 0 Å². The summed E-state index contributed by atoms with van der Waals surface area (Å²) in [5.41, 5.74) is 0. The van der Waals surface area contributed by atoms with Gasteiger partial charge in [0, 0.05) is 0 Å². The second-order valence-corrected chi connectivity index (χ2v) is 3.61. The minimum Gasteiger partial charge on any atom is -0.289 e. The van der Waals surface area contributed by atoms with Gasteiger partial charge >= 0.3 is 0 Å². The van der Waals surface area contributed by atoms with E-state index in [0.29, 0.717) is 5.23 Å². The van der Waals surface area contributed by atoms with Crippen LogP contribution >= 0.6 is 0 Å². The molecule has 0 spiro atoms. The van der Waals surface area contributed by atoms with Crippen LogP contribution in [0, 0.1) is 0 Å². The van der Waals surface area contributed by atoms with Crippen molar-refractivity contribution in [1.82, 2.24) is 5.23 Å². The predicted molar refractivity (Wildman–Crippen MR) is 52.9 cm³/mol. The molecule has 0 bridgehead atoms. The molecular formula is C10H23NO2. The molecule has 80 valence electrons. The molecule has 0 aromatic carbocycles. The van der Waals surface area contributed by atoms with Crippen molar-refractivity contribution in [2.24, 2.45) is 0 Å². The van der Waals surface area contributed by atoms with Crippen molar-refractivity contribution in [3.8, 4) is 0 Å². The average Bonchev–Trinajstić information content (AvgIpc) is 2.10. The summed E-state index contributed by atoms with van der Waals surface area (Å²) in [7, 11) is 0. The molecule has 0 rings (SSSR count). The lowest BCUT2D eigenvalue weighted by atomic mass is 10.0. The second-order valence-electron chi connectivity index (χ2n) is 3.61. The van der Waals surface area contributed by atoms with Gasteiger partial charge in [0.2, 0.25) is 0 Å². The maximum absolute atomic E-state index is 8.93. The number of unbranched alkanes of at least 4 members (excludes halogenated alkanes) is 3. The van der Waals surface area contributed by atoms with Gasteiger partial charge in [-0.15, -0.1) is 0 Å². The molecular weight excluding hydrogens is 166 g/mol. The summed E-state index contributed by atoms with van der Waals surface area (Å²) in [6, 6.07) is -0.0634. The molecule has 0 aliphatic rings. The van der Waals surface area contributed by atoms with E-state index in [9.17, 15) is 0 Å². The zero-order valence-corrected chi connectivity index (χ0v) is 8.87. The summed E-state index contributed by atoms with van der Waals surface area (Å²) in [6.07, 6.45) is 7.39. The molecule has 0 saturated carbocycles. The molecule has 0 fully saturated rings. The Morgan fingerprint density at radius 2 is 1.46 bits per heavy atom. The highest BCUT2D eigenvalue weighted by atomic mass is 16.8. The first kappa shape index (κ1) is 12.9. The Labute approximate surface area is 81.3 Å². The van der Waals surface area contributed by atoms with E-state index >= 15 is 0 Å². The van der Waals surface area contributed by atoms with E-state index in [1.54, 1.807) is 0 Å². The van der Waals surface area contributed by atoms with E-state index in [2.05, 4.69) is 13.8 Å². The molecule has 1 unspecified atom stereocenters. The van der Waals surface area contributed by atoms with Crippen molar-refractivity contribution in [3.63, 3.8) is 0 Å². The highest BCUT2D eigenvalue weighted by Gasteiger charge is 2.13. The fourth-order valence-corrected chi connectivity index (χ4v) is 1.44. The van der Waals surface area contributed by atoms with E-state index in [-0.39, 0.29) is 6.04 Å². The van der Waals surface area contributed by atoms with E-state index in [1.165, 1.54) is 12.8 Å². The highest BCUT2D eigenvalue weighted by molar-refractivity contribution is 4.61. The van der Waals surface area contributed by atoms with Crippen LogP contribution in [0.2, 0.25) is 0 Å². The third-order valence-electron chi connectivity index (χ3n) is 2.36. The Kier molecular flexibility index (Phi) is 8.40. The van der Waals surface area contributed by atoms with Gasteiger partial charge in [0.05, 0.1) is 6.04 Å². The quantitative estimate of drug-likeness (QED) is 0.455. The zero-order chi connectivity index (χ0) is 10.1. The van der Waals surface area contributed by atoms with Crippen LogP contribution < -0.4 is 0 Å². The fraction of sp³-hybridized carbons (Fsp3) is 1.00. The Morgan fingerprint density at radius 3 is 1.92 bits per heavy atom. The lowest BCUT2D eigenvalue weighted by Crippen LogP contribution is -2.29. The van der Waals surface area contributed by atoms with Crippen molar-refractivity contribution in [2.45, 2.75) is 64.8 Å². The lowest BCUT2D eigenvalue weighted by Gasteiger charge is -2.19. The van der Waals surface area contributed by atoms with Crippen molar-refractivity contribution in [1.29, 1.82) is 0 Å². The van der Waals surface area contributed by atoms with Crippen LogP contribution in [0.5, 0.6) is 0 Å². The number of hydrogen-bond acceptors (Lipinski definition) is 3. The third-order valence-corrected chi connectivity index (χ3v) is 2.36. The molecule has 0 aromatic rings. The SMILES string of the molecule is CCCCCC(CCCC)N(O)O. The van der Waals surface area contributed by atoms with Crippen LogP contribution in [0.4, 0.5) is 0 Å². The van der Waals surface area contributed by atoms with Crippen molar-refractivity contribution >= 4 is 0 Å². The summed E-state index contributed by atoms with van der Waals surface area (Å²) in [6.45, 7) is 4.26. The molecule has 0 saturated heterocycles. The first-order chi connectivity index (χ1) is 6.22. The van der Waals surface area contributed by atoms with Gasteiger partial charge in [0.25, 0.3) is 0 Å². The number of hydroxylamine groups is 2. The summed E-state index contributed by atoms with van der Waals surface area (Å²) in [4.78, 5) is 0. The molecule has 0 heterocycles. The van der Waals surface area contributed by atoms with Gasteiger partial charge < -0.3 is 0 Å². The van der Waals surface area contributed by atoms with Crippen LogP contribution in [-0.4, -0.2) is 21.7 Å². The molecule has 2 N–H and O–H groups in total. The van der Waals surface area contributed by atoms with Crippen LogP contribution in [-0.2, 0) is 0 Å². The maximum atomic E-state index is 8.93. The fourth-order valence-electron chi connectivity index (χ4n) is 1.44. The molecule has 13 heavy (non-hydrogen) atoms. The van der Waals surface area contributed by atoms with Gasteiger partial charge in [0.1, 0.15) is 0 Å². The van der Waals surface area contributed by atoms with Crippen LogP contribution in [0.15, 0.2) is 0 Å². The standard InChI is InChI=1S/C10H23NO2/c1-3-5-7-9-10(11(12)13)8-6-4-2/h10,12-13H,3-9H2,1-2H3. The Hall–Kier alpha value is -0.120. The van der Waals surface area contributed by atoms with E-state index in [4.69, 9.17) is 10.4 Å². The topological polar surface area (TPSA) is 43.7 Å². The van der Waals surface area contributed by atoms with Crippen LogP contribution in [0.3, 0.4) is 0 Å². The first-order valence-electron chi connectivity index (χ1n) is 5.39. The number of hydrogen-bond donors (Lipinski definition) is 2. The number of rotatable bonds is 8. The molecule has 1 atom stereocenters. The Balaban J connectivity index is 3.54. The van der Waals surface area contributed by atoms with Crippen LogP contribution in [0.25, 0.3) is 0 Å². The third kappa shape index (κ3) is 6.99. The highest BCUT2D eigenvalue weighted by Crippen LogP contribution is 2.13. The summed E-state index contributed by atoms with van der Waals surface area (Å²) >= 11 is 0. The summed E-state index contributed by atoms with van der Waals surface area (Å²) < 4.78 is 0. The van der Waals surface area contributed by atoms with Gasteiger partial charge in [0.15, 0.2) is 0 Å². The summed E-state index contributed by atoms with van der Waals surface area (Å²) in [5, 5.41) is 18.2. The second kappa shape index (κ2) is 8.48. The van der Waals surface area contributed by atoms with Gasteiger partial charge in [-0.2, -0.15) is 0 Å². The lowest BCUT2D eigenvalue weighted by molar-refractivity contribution is -0.333. The van der Waals surface area contributed by atoms with Crippen molar-refractivity contribution < 1.29 is 10.4 Å². The Bertz CT molecular complexity index is 107. The zero-order valence-electron chi connectivity index (χ0n) is 8.87. The van der Waals surface area contributed by atoms with Crippen LogP contribution in [0.1, 0.15) is 58.8 Å². The smallest absolute Gasteiger partial charge is 0.0623 e. The molecule has 3 heteroatoms. The molecule has 0 aliphatic carbocycles. The molecule has 0 amide bonds. The molecule has 0 aliphatic heterocycles. The number of nitrogens with zero attached hydrogens (tertiary/aromatic N) is 1. The van der Waals surface area contributed by atoms with Crippen molar-refractivity contribution in [2.75, 3.05) is 0 Å². The van der Waals surface area contributed by atoms with Gasteiger partial charge in [-0.1, -0.05) is 51.2 Å². The first-order valence-corrected chi connectivity index (χ1v) is 5.39. The average molecular weight is 189 g/mol. The minimum atomic E-state index is -0.0634. The Morgan fingerprint density at radius 1 is 0.923 bits per heavy atom. The maximum Gasteiger partial charge on any atom is 0.0623 e. The summed E-state index contributed by atoms with van der Waals surface area (Å²) in [5.74, 6) is 0. The predicted octanol–water partition coefficient (Wildman–Crippen LogP) is 3.21. The van der Waals surface area contributed by atoms with Crippen molar-refractivity contribution in [3.05, 3.63) is 0 Å². The normalized spacial score (nSPS) is 13.6. The van der Waals surface area contributed by atoms with E-state index < -0.39 is 0 Å².